The SMILES string of the molecule is CCC(C)CCCCCCCCCC(C)=O. The predicted molar refractivity (Wildman–Crippen MR) is 71.7 cm³/mol. The molecule has 0 aromatic carbocycles. The quantitative estimate of drug-likeness (QED) is 0.446. The van der Waals surface area contributed by atoms with Crippen molar-refractivity contribution in [1.82, 2.24) is 0 Å². The van der Waals surface area contributed by atoms with Crippen molar-refractivity contribution in [2.24, 2.45) is 5.92 Å². The number of rotatable bonds is 11. The number of hydrogen-bond acceptors (Lipinski definition) is 1. The minimum Gasteiger partial charge on any atom is -0.300 e. The zero-order chi connectivity index (χ0) is 12.2. The number of hydrogen-bond donors (Lipinski definition) is 0. The van der Waals surface area contributed by atoms with Gasteiger partial charge in [-0.2, -0.15) is 0 Å². The molecule has 1 heteroatoms. The molecule has 0 aromatic rings. The highest BCUT2D eigenvalue weighted by Crippen LogP contribution is 2.14. The third kappa shape index (κ3) is 11.7. The molecule has 0 radical (unpaired) electrons. The molecule has 96 valence electrons. The molecule has 1 unspecified atom stereocenters. The monoisotopic (exact) mass is 226 g/mol. The molecule has 0 fully saturated rings. The fourth-order valence-electron chi connectivity index (χ4n) is 1.95. The van der Waals surface area contributed by atoms with Gasteiger partial charge in [0.1, 0.15) is 5.78 Å². The van der Waals surface area contributed by atoms with Crippen LogP contribution in [0.1, 0.15) is 85.0 Å². The highest BCUT2D eigenvalue weighted by Gasteiger charge is 1.98. The van der Waals surface area contributed by atoms with Crippen LogP contribution in [-0.4, -0.2) is 5.78 Å². The largest absolute Gasteiger partial charge is 0.300 e. The molecule has 1 nitrogen and oxygen atoms in total. The lowest BCUT2D eigenvalue weighted by molar-refractivity contribution is -0.117. The van der Waals surface area contributed by atoms with E-state index in [1.54, 1.807) is 6.92 Å². The molecule has 16 heavy (non-hydrogen) atoms. The van der Waals surface area contributed by atoms with Gasteiger partial charge in [-0.05, 0) is 19.3 Å². The standard InChI is InChI=1S/C15H30O/c1-4-14(2)12-10-8-6-5-7-9-11-13-15(3)16/h14H,4-13H2,1-3H3. The van der Waals surface area contributed by atoms with Gasteiger partial charge in [-0.25, -0.2) is 0 Å². The van der Waals surface area contributed by atoms with E-state index < -0.39 is 0 Å². The lowest BCUT2D eigenvalue weighted by Gasteiger charge is -2.07. The van der Waals surface area contributed by atoms with Crippen molar-refractivity contribution in [3.8, 4) is 0 Å². The molecule has 0 rings (SSSR count). The van der Waals surface area contributed by atoms with Gasteiger partial charge < -0.3 is 4.79 Å². The predicted octanol–water partition coefficient (Wildman–Crippen LogP) is 5.13. The van der Waals surface area contributed by atoms with E-state index in [4.69, 9.17) is 0 Å². The van der Waals surface area contributed by atoms with Crippen molar-refractivity contribution in [3.05, 3.63) is 0 Å². The first-order valence-corrected chi connectivity index (χ1v) is 7.16. The van der Waals surface area contributed by atoms with Gasteiger partial charge in [-0.3, -0.25) is 0 Å². The van der Waals surface area contributed by atoms with Crippen LogP contribution in [-0.2, 0) is 4.79 Å². The number of carbonyl (C=O) groups is 1. The topological polar surface area (TPSA) is 17.1 Å². The van der Waals surface area contributed by atoms with Crippen LogP contribution in [0.4, 0.5) is 0 Å². The molecule has 0 N–H and O–H groups in total. The zero-order valence-corrected chi connectivity index (χ0v) is 11.6. The van der Waals surface area contributed by atoms with Crippen molar-refractivity contribution < 1.29 is 4.79 Å². The zero-order valence-electron chi connectivity index (χ0n) is 11.6. The highest BCUT2D eigenvalue weighted by atomic mass is 16.1. The van der Waals surface area contributed by atoms with Gasteiger partial charge in [-0.15, -0.1) is 0 Å². The van der Waals surface area contributed by atoms with Gasteiger partial charge in [0.2, 0.25) is 0 Å². The van der Waals surface area contributed by atoms with E-state index in [1.165, 1.54) is 51.4 Å². The lowest BCUT2D eigenvalue weighted by atomic mass is 9.99. The maximum absolute atomic E-state index is 10.7. The average Bonchev–Trinajstić information content (AvgIpc) is 2.26. The molecule has 0 aromatic heterocycles. The van der Waals surface area contributed by atoms with Crippen molar-refractivity contribution >= 4 is 5.78 Å². The molecule has 0 spiro atoms. The van der Waals surface area contributed by atoms with E-state index in [9.17, 15) is 4.79 Å². The minimum atomic E-state index is 0.341. The summed E-state index contributed by atoms with van der Waals surface area (Å²) in [5, 5.41) is 0. The Labute approximate surface area is 102 Å². The molecule has 0 bridgehead atoms. The second-order valence-electron chi connectivity index (χ2n) is 5.23. The summed E-state index contributed by atoms with van der Waals surface area (Å²) in [5.41, 5.74) is 0. The van der Waals surface area contributed by atoms with Crippen molar-refractivity contribution in [2.45, 2.75) is 85.0 Å². The molecule has 0 amide bonds. The van der Waals surface area contributed by atoms with E-state index in [1.807, 2.05) is 0 Å². The van der Waals surface area contributed by atoms with Gasteiger partial charge in [0.15, 0.2) is 0 Å². The fraction of sp³-hybridized carbons (Fsp3) is 0.933. The van der Waals surface area contributed by atoms with Gasteiger partial charge in [0, 0.05) is 6.42 Å². The summed E-state index contributed by atoms with van der Waals surface area (Å²) in [6.45, 7) is 6.32. The summed E-state index contributed by atoms with van der Waals surface area (Å²) in [5.74, 6) is 1.25. The van der Waals surface area contributed by atoms with E-state index in [0.29, 0.717) is 5.78 Å². The van der Waals surface area contributed by atoms with Crippen LogP contribution in [0.2, 0.25) is 0 Å². The highest BCUT2D eigenvalue weighted by molar-refractivity contribution is 5.75. The third-order valence-corrected chi connectivity index (χ3v) is 3.42. The van der Waals surface area contributed by atoms with Crippen molar-refractivity contribution in [3.63, 3.8) is 0 Å². The molecule has 0 aliphatic rings. The normalized spacial score (nSPS) is 12.7. The Bertz CT molecular complexity index is 163. The summed E-state index contributed by atoms with van der Waals surface area (Å²) in [7, 11) is 0. The Morgan fingerprint density at radius 2 is 1.44 bits per heavy atom. The molecule has 0 saturated heterocycles. The first-order chi connectivity index (χ1) is 7.66. The van der Waals surface area contributed by atoms with Crippen LogP contribution >= 0.6 is 0 Å². The van der Waals surface area contributed by atoms with Gasteiger partial charge in [0.25, 0.3) is 0 Å². The average molecular weight is 226 g/mol. The second kappa shape index (κ2) is 11.2. The second-order valence-corrected chi connectivity index (χ2v) is 5.23. The Hall–Kier alpha value is -0.330. The summed E-state index contributed by atoms with van der Waals surface area (Å²) in [4.78, 5) is 10.7. The van der Waals surface area contributed by atoms with Crippen LogP contribution in [0, 0.1) is 5.92 Å². The minimum absolute atomic E-state index is 0.341. The van der Waals surface area contributed by atoms with Gasteiger partial charge in [0.05, 0.1) is 0 Å². The van der Waals surface area contributed by atoms with Crippen molar-refractivity contribution in [2.75, 3.05) is 0 Å². The smallest absolute Gasteiger partial charge is 0.129 e. The Kier molecular flexibility index (Phi) is 10.9. The molecule has 1 atom stereocenters. The fourth-order valence-corrected chi connectivity index (χ4v) is 1.95. The third-order valence-electron chi connectivity index (χ3n) is 3.42. The number of ketones is 1. The van der Waals surface area contributed by atoms with Gasteiger partial charge >= 0.3 is 0 Å². The van der Waals surface area contributed by atoms with E-state index in [-0.39, 0.29) is 0 Å². The van der Waals surface area contributed by atoms with E-state index in [0.717, 1.165) is 18.8 Å². The Balaban J connectivity index is 3.01. The summed E-state index contributed by atoms with van der Waals surface area (Å²) >= 11 is 0. The van der Waals surface area contributed by atoms with Crippen LogP contribution in [0.15, 0.2) is 0 Å². The van der Waals surface area contributed by atoms with E-state index >= 15 is 0 Å². The molecule has 0 saturated carbocycles. The van der Waals surface area contributed by atoms with Crippen LogP contribution in [0.3, 0.4) is 0 Å². The first kappa shape index (κ1) is 15.7. The van der Waals surface area contributed by atoms with Gasteiger partial charge in [-0.1, -0.05) is 65.2 Å². The summed E-state index contributed by atoms with van der Waals surface area (Å²) < 4.78 is 0. The summed E-state index contributed by atoms with van der Waals surface area (Å²) in [6.07, 6.45) is 12.7. The molecule has 0 aliphatic carbocycles. The molecular formula is C15H30O. The Morgan fingerprint density at radius 3 is 1.94 bits per heavy atom. The number of unbranched alkanes of at least 4 members (excludes halogenated alkanes) is 6. The maximum atomic E-state index is 10.7. The molecular weight excluding hydrogens is 196 g/mol. The first-order valence-electron chi connectivity index (χ1n) is 7.16. The van der Waals surface area contributed by atoms with E-state index in [2.05, 4.69) is 13.8 Å². The maximum Gasteiger partial charge on any atom is 0.129 e. The molecule has 0 aliphatic heterocycles. The number of Topliss-reactive ketones (excluding diaryl/α,β-unsaturated/α-hetero) is 1. The lowest BCUT2D eigenvalue weighted by Crippen LogP contribution is -1.92. The van der Waals surface area contributed by atoms with Crippen LogP contribution < -0.4 is 0 Å². The Morgan fingerprint density at radius 1 is 0.938 bits per heavy atom. The number of carbonyl (C=O) groups excluding carboxylic acids is 1. The van der Waals surface area contributed by atoms with Crippen molar-refractivity contribution in [1.29, 1.82) is 0 Å². The van der Waals surface area contributed by atoms with Crippen LogP contribution in [0.25, 0.3) is 0 Å². The molecule has 0 heterocycles. The van der Waals surface area contributed by atoms with Crippen LogP contribution in [0.5, 0.6) is 0 Å². The summed E-state index contributed by atoms with van der Waals surface area (Å²) in [6, 6.07) is 0.